The first-order valence-electron chi connectivity index (χ1n) is 7.48. The van der Waals surface area contributed by atoms with E-state index in [9.17, 15) is 19.2 Å². The van der Waals surface area contributed by atoms with Crippen molar-refractivity contribution in [1.82, 2.24) is 5.32 Å². The minimum atomic E-state index is -1.03. The van der Waals surface area contributed by atoms with Gasteiger partial charge in [-0.1, -0.05) is 13.0 Å². The summed E-state index contributed by atoms with van der Waals surface area (Å²) in [7, 11) is 3.65. The standard InChI is InChI=1S/C17H21NO7/c1-10(15(20)23-2)8-13(17(22)25-4)18-14(19)11-6-5-7-12(9-11)16(21)24-3/h5-7,9-10,13H,8H2,1-4H3,(H,18,19)/t10-,13-/m1/s1. The number of hydrogen-bond donors (Lipinski definition) is 1. The molecule has 2 atom stereocenters. The van der Waals surface area contributed by atoms with Crippen molar-refractivity contribution in [2.45, 2.75) is 19.4 Å². The highest BCUT2D eigenvalue weighted by atomic mass is 16.5. The Hall–Kier alpha value is -2.90. The number of hydrogen-bond acceptors (Lipinski definition) is 7. The molecule has 0 aliphatic rings. The second-order valence-corrected chi connectivity index (χ2v) is 5.28. The molecule has 8 heteroatoms. The Morgan fingerprint density at radius 3 is 2.12 bits per heavy atom. The Kier molecular flexibility index (Phi) is 7.58. The monoisotopic (exact) mass is 351 g/mol. The van der Waals surface area contributed by atoms with E-state index in [-0.39, 0.29) is 17.5 Å². The average molecular weight is 351 g/mol. The summed E-state index contributed by atoms with van der Waals surface area (Å²) in [4.78, 5) is 47.3. The van der Waals surface area contributed by atoms with E-state index in [0.717, 1.165) is 0 Å². The van der Waals surface area contributed by atoms with Crippen molar-refractivity contribution in [2.75, 3.05) is 21.3 Å². The first-order valence-corrected chi connectivity index (χ1v) is 7.48. The summed E-state index contributed by atoms with van der Waals surface area (Å²) < 4.78 is 13.9. The Labute approximate surface area is 145 Å². The molecule has 1 N–H and O–H groups in total. The molecule has 1 aromatic carbocycles. The molecule has 0 radical (unpaired) electrons. The maximum Gasteiger partial charge on any atom is 0.337 e. The Morgan fingerprint density at radius 2 is 1.56 bits per heavy atom. The van der Waals surface area contributed by atoms with Crippen molar-refractivity contribution in [1.29, 1.82) is 0 Å². The van der Waals surface area contributed by atoms with Gasteiger partial charge in [0, 0.05) is 5.56 Å². The Morgan fingerprint density at radius 1 is 0.960 bits per heavy atom. The molecule has 0 saturated carbocycles. The first-order chi connectivity index (χ1) is 11.8. The van der Waals surface area contributed by atoms with Crippen LogP contribution in [0.2, 0.25) is 0 Å². The molecule has 25 heavy (non-hydrogen) atoms. The van der Waals surface area contributed by atoms with Gasteiger partial charge in [0.1, 0.15) is 6.04 Å². The van der Waals surface area contributed by atoms with Crippen molar-refractivity contribution in [3.8, 4) is 0 Å². The van der Waals surface area contributed by atoms with E-state index >= 15 is 0 Å². The van der Waals surface area contributed by atoms with Gasteiger partial charge < -0.3 is 19.5 Å². The molecule has 8 nitrogen and oxygen atoms in total. The average Bonchev–Trinajstić information content (AvgIpc) is 2.65. The van der Waals surface area contributed by atoms with Crippen LogP contribution in [0, 0.1) is 5.92 Å². The maximum atomic E-state index is 12.4. The van der Waals surface area contributed by atoms with Crippen molar-refractivity contribution < 1.29 is 33.4 Å². The fourth-order valence-corrected chi connectivity index (χ4v) is 2.15. The van der Waals surface area contributed by atoms with Crippen molar-refractivity contribution in [3.05, 3.63) is 35.4 Å². The van der Waals surface area contributed by atoms with E-state index in [1.807, 2.05) is 0 Å². The molecule has 0 fully saturated rings. The molecular formula is C17H21NO7. The lowest BCUT2D eigenvalue weighted by Crippen LogP contribution is -2.43. The van der Waals surface area contributed by atoms with Gasteiger partial charge in [0.2, 0.25) is 0 Å². The molecule has 1 amide bonds. The second kappa shape index (κ2) is 9.41. The lowest BCUT2D eigenvalue weighted by molar-refractivity contribution is -0.147. The van der Waals surface area contributed by atoms with Gasteiger partial charge in [-0.05, 0) is 24.6 Å². The fourth-order valence-electron chi connectivity index (χ4n) is 2.15. The minimum Gasteiger partial charge on any atom is -0.469 e. The number of carbonyl (C=O) groups is 4. The van der Waals surface area contributed by atoms with Gasteiger partial charge in [-0.25, -0.2) is 9.59 Å². The second-order valence-electron chi connectivity index (χ2n) is 5.28. The van der Waals surface area contributed by atoms with Gasteiger partial charge >= 0.3 is 17.9 Å². The van der Waals surface area contributed by atoms with Crippen LogP contribution in [0.1, 0.15) is 34.1 Å². The molecule has 0 aliphatic carbocycles. The summed E-state index contributed by atoms with van der Waals surface area (Å²) in [6, 6.07) is 4.82. The topological polar surface area (TPSA) is 108 Å². The highest BCUT2D eigenvalue weighted by Gasteiger charge is 2.27. The van der Waals surface area contributed by atoms with E-state index in [2.05, 4.69) is 19.5 Å². The zero-order chi connectivity index (χ0) is 19.0. The number of benzene rings is 1. The highest BCUT2D eigenvalue weighted by Crippen LogP contribution is 2.12. The van der Waals surface area contributed by atoms with Gasteiger partial charge in [0.25, 0.3) is 5.91 Å². The van der Waals surface area contributed by atoms with Gasteiger partial charge in [0.05, 0.1) is 32.8 Å². The van der Waals surface area contributed by atoms with Crippen LogP contribution in [-0.2, 0) is 23.8 Å². The third-order valence-corrected chi connectivity index (χ3v) is 3.53. The predicted molar refractivity (Wildman–Crippen MR) is 86.8 cm³/mol. The zero-order valence-electron chi connectivity index (χ0n) is 14.5. The quantitative estimate of drug-likeness (QED) is 0.575. The van der Waals surface area contributed by atoms with Crippen LogP contribution < -0.4 is 5.32 Å². The smallest absolute Gasteiger partial charge is 0.337 e. The largest absolute Gasteiger partial charge is 0.469 e. The molecule has 0 spiro atoms. The van der Waals surface area contributed by atoms with Crippen LogP contribution in [0.4, 0.5) is 0 Å². The number of ether oxygens (including phenoxy) is 3. The summed E-state index contributed by atoms with van der Waals surface area (Å²) in [6.07, 6.45) is 0.0157. The number of esters is 3. The molecule has 0 aliphatic heterocycles. The molecule has 1 rings (SSSR count). The number of amides is 1. The summed E-state index contributed by atoms with van der Waals surface area (Å²) in [6.45, 7) is 1.58. The fraction of sp³-hybridized carbons (Fsp3) is 0.412. The van der Waals surface area contributed by atoms with E-state index in [0.29, 0.717) is 0 Å². The third kappa shape index (κ3) is 5.59. The number of methoxy groups -OCH3 is 3. The molecule has 1 aromatic rings. The van der Waals surface area contributed by atoms with Crippen molar-refractivity contribution in [3.63, 3.8) is 0 Å². The van der Waals surface area contributed by atoms with E-state index in [1.165, 1.54) is 45.6 Å². The maximum absolute atomic E-state index is 12.4. The molecule has 0 aromatic heterocycles. The van der Waals surface area contributed by atoms with Gasteiger partial charge in [-0.3, -0.25) is 9.59 Å². The predicted octanol–water partition coefficient (Wildman–Crippen LogP) is 0.944. The Balaban J connectivity index is 2.93. The summed E-state index contributed by atoms with van der Waals surface area (Å²) in [5.74, 6) is -2.98. The van der Waals surface area contributed by atoms with Gasteiger partial charge in [-0.2, -0.15) is 0 Å². The normalized spacial score (nSPS) is 12.5. The molecule has 0 heterocycles. The minimum absolute atomic E-state index is 0.0157. The summed E-state index contributed by atoms with van der Waals surface area (Å²) >= 11 is 0. The van der Waals surface area contributed by atoms with Gasteiger partial charge in [0.15, 0.2) is 0 Å². The molecule has 0 unspecified atom stereocenters. The molecule has 0 bridgehead atoms. The van der Waals surface area contributed by atoms with E-state index in [4.69, 9.17) is 0 Å². The first kappa shape index (κ1) is 20.1. The lowest BCUT2D eigenvalue weighted by Gasteiger charge is -2.19. The van der Waals surface area contributed by atoms with Crippen LogP contribution in [0.5, 0.6) is 0 Å². The van der Waals surface area contributed by atoms with Crippen LogP contribution in [0.15, 0.2) is 24.3 Å². The zero-order valence-corrected chi connectivity index (χ0v) is 14.5. The van der Waals surface area contributed by atoms with Crippen molar-refractivity contribution in [2.24, 2.45) is 5.92 Å². The third-order valence-electron chi connectivity index (χ3n) is 3.53. The number of nitrogens with one attached hydrogen (secondary N) is 1. The number of carbonyl (C=O) groups excluding carboxylic acids is 4. The van der Waals surface area contributed by atoms with Crippen LogP contribution in [0.3, 0.4) is 0 Å². The molecule has 0 saturated heterocycles. The highest BCUT2D eigenvalue weighted by molar-refractivity contribution is 5.99. The van der Waals surface area contributed by atoms with E-state index in [1.54, 1.807) is 6.92 Å². The summed E-state index contributed by atoms with van der Waals surface area (Å²) in [5, 5.41) is 2.50. The van der Waals surface area contributed by atoms with Crippen LogP contribution in [0.25, 0.3) is 0 Å². The molecular weight excluding hydrogens is 330 g/mol. The SMILES string of the molecule is COC(=O)c1cccc(C(=O)N[C@H](C[C@@H](C)C(=O)OC)C(=O)OC)c1. The lowest BCUT2D eigenvalue weighted by atomic mass is 10.0. The van der Waals surface area contributed by atoms with Crippen LogP contribution >= 0.6 is 0 Å². The number of rotatable bonds is 7. The van der Waals surface area contributed by atoms with Crippen molar-refractivity contribution >= 4 is 23.8 Å². The Bertz CT molecular complexity index is 656. The summed E-state index contributed by atoms with van der Waals surface area (Å²) in [5.41, 5.74) is 0.371. The van der Waals surface area contributed by atoms with Crippen LogP contribution in [-0.4, -0.2) is 51.2 Å². The molecule has 136 valence electrons. The van der Waals surface area contributed by atoms with Gasteiger partial charge in [-0.15, -0.1) is 0 Å². The van der Waals surface area contributed by atoms with E-state index < -0.39 is 35.8 Å².